The highest BCUT2D eigenvalue weighted by atomic mass is 35.5. The summed E-state index contributed by atoms with van der Waals surface area (Å²) >= 11 is 7.61. The van der Waals surface area contributed by atoms with Gasteiger partial charge in [0.2, 0.25) is 5.91 Å². The molecule has 0 saturated carbocycles. The second kappa shape index (κ2) is 11.1. The SMILES string of the molecule is C=CCn1c(SCC(=O)Nc2c(C)cccc2C)nnc1C1CCCN1C(=O)c1ccccc1Cl. The third-order valence-corrected chi connectivity index (χ3v) is 7.35. The fraction of sp³-hybridized carbons (Fsp3) is 0.308. The lowest BCUT2D eigenvalue weighted by Gasteiger charge is -2.25. The second-order valence-electron chi connectivity index (χ2n) is 8.48. The monoisotopic (exact) mass is 509 g/mol. The smallest absolute Gasteiger partial charge is 0.255 e. The Morgan fingerprint density at radius 3 is 2.63 bits per heavy atom. The van der Waals surface area contributed by atoms with Gasteiger partial charge in [0.1, 0.15) is 0 Å². The highest BCUT2D eigenvalue weighted by Gasteiger charge is 2.35. The maximum atomic E-state index is 13.3. The lowest BCUT2D eigenvalue weighted by Crippen LogP contribution is -2.32. The molecular weight excluding hydrogens is 482 g/mol. The quantitative estimate of drug-likeness (QED) is 0.323. The van der Waals surface area contributed by atoms with Crippen molar-refractivity contribution in [1.82, 2.24) is 19.7 Å². The van der Waals surface area contributed by atoms with Crippen LogP contribution in [0.1, 0.15) is 46.2 Å². The van der Waals surface area contributed by atoms with Crippen molar-refractivity contribution >= 4 is 40.9 Å². The Morgan fingerprint density at radius 2 is 1.91 bits per heavy atom. The summed E-state index contributed by atoms with van der Waals surface area (Å²) in [7, 11) is 0. The first kappa shape index (κ1) is 25.0. The molecule has 2 amide bonds. The van der Waals surface area contributed by atoms with Crippen LogP contribution in [0.3, 0.4) is 0 Å². The zero-order chi connectivity index (χ0) is 24.9. The predicted octanol–water partition coefficient (Wildman–Crippen LogP) is 5.44. The molecule has 0 radical (unpaired) electrons. The predicted molar refractivity (Wildman–Crippen MR) is 140 cm³/mol. The number of anilines is 1. The molecule has 35 heavy (non-hydrogen) atoms. The number of nitrogens with zero attached hydrogens (tertiary/aromatic N) is 4. The van der Waals surface area contributed by atoms with Crippen molar-refractivity contribution in [2.24, 2.45) is 0 Å². The van der Waals surface area contributed by atoms with E-state index in [4.69, 9.17) is 11.6 Å². The van der Waals surface area contributed by atoms with Gasteiger partial charge >= 0.3 is 0 Å². The number of carbonyl (C=O) groups excluding carboxylic acids is 2. The molecular formula is C26H28ClN5O2S. The molecule has 1 saturated heterocycles. The van der Waals surface area contributed by atoms with Gasteiger partial charge in [-0.05, 0) is 49.9 Å². The number of para-hydroxylation sites is 1. The van der Waals surface area contributed by atoms with E-state index in [1.807, 2.05) is 47.6 Å². The minimum Gasteiger partial charge on any atom is -0.328 e. The van der Waals surface area contributed by atoms with Gasteiger partial charge in [-0.3, -0.25) is 9.59 Å². The summed E-state index contributed by atoms with van der Waals surface area (Å²) in [6.45, 7) is 8.91. The molecule has 4 rings (SSSR count). The van der Waals surface area contributed by atoms with Gasteiger partial charge in [0.25, 0.3) is 5.91 Å². The molecule has 9 heteroatoms. The maximum Gasteiger partial charge on any atom is 0.255 e. The highest BCUT2D eigenvalue weighted by Crippen LogP contribution is 2.35. The average Bonchev–Trinajstić information content (AvgIpc) is 3.47. The lowest BCUT2D eigenvalue weighted by molar-refractivity contribution is -0.113. The van der Waals surface area contributed by atoms with E-state index in [2.05, 4.69) is 22.1 Å². The number of aryl methyl sites for hydroxylation is 2. The van der Waals surface area contributed by atoms with Crippen molar-refractivity contribution < 1.29 is 9.59 Å². The molecule has 0 spiro atoms. The Hall–Kier alpha value is -3.10. The lowest BCUT2D eigenvalue weighted by atomic mass is 10.1. The summed E-state index contributed by atoms with van der Waals surface area (Å²) in [5.74, 6) is 0.656. The van der Waals surface area contributed by atoms with Crippen LogP contribution < -0.4 is 5.32 Å². The van der Waals surface area contributed by atoms with Crippen LogP contribution in [0.2, 0.25) is 5.02 Å². The standard InChI is InChI=1S/C26H28ClN5O2S/c1-4-14-32-24(21-13-8-15-31(21)25(34)19-11-5-6-12-20(19)27)29-30-26(32)35-16-22(33)28-23-17(2)9-7-10-18(23)3/h4-7,9-12,21H,1,8,13-16H2,2-3H3,(H,28,33). The van der Waals surface area contributed by atoms with Crippen LogP contribution in [0.25, 0.3) is 0 Å². The molecule has 182 valence electrons. The van der Waals surface area contributed by atoms with E-state index in [-0.39, 0.29) is 23.6 Å². The molecule has 3 aromatic rings. The van der Waals surface area contributed by atoms with E-state index in [0.717, 1.165) is 29.7 Å². The van der Waals surface area contributed by atoms with Crippen LogP contribution in [-0.4, -0.2) is 43.8 Å². The van der Waals surface area contributed by atoms with Gasteiger partial charge in [-0.15, -0.1) is 16.8 Å². The molecule has 0 bridgehead atoms. The first-order valence-electron chi connectivity index (χ1n) is 11.5. The fourth-order valence-electron chi connectivity index (χ4n) is 4.34. The number of likely N-dealkylation sites (tertiary alicyclic amines) is 1. The number of allylic oxidation sites excluding steroid dienone is 1. The third kappa shape index (κ3) is 5.44. The number of halogens is 1. The Balaban J connectivity index is 1.51. The van der Waals surface area contributed by atoms with E-state index >= 15 is 0 Å². The van der Waals surface area contributed by atoms with Crippen molar-refractivity contribution in [2.45, 2.75) is 44.4 Å². The number of carbonyl (C=O) groups is 2. The molecule has 2 aromatic carbocycles. The van der Waals surface area contributed by atoms with Crippen LogP contribution in [0.15, 0.2) is 60.3 Å². The number of aromatic nitrogens is 3. The van der Waals surface area contributed by atoms with E-state index in [1.54, 1.807) is 24.3 Å². The number of thioether (sulfide) groups is 1. The highest BCUT2D eigenvalue weighted by molar-refractivity contribution is 7.99. The van der Waals surface area contributed by atoms with Crippen molar-refractivity contribution in [3.63, 3.8) is 0 Å². The molecule has 1 aliphatic heterocycles. The van der Waals surface area contributed by atoms with Crippen molar-refractivity contribution in [1.29, 1.82) is 0 Å². The molecule has 7 nitrogen and oxygen atoms in total. The van der Waals surface area contributed by atoms with Crippen LogP contribution >= 0.6 is 23.4 Å². The normalized spacial score (nSPS) is 15.3. The molecule has 1 fully saturated rings. The number of hydrogen-bond acceptors (Lipinski definition) is 5. The maximum absolute atomic E-state index is 13.3. The summed E-state index contributed by atoms with van der Waals surface area (Å²) in [5.41, 5.74) is 3.36. The fourth-order valence-corrected chi connectivity index (χ4v) is 5.31. The summed E-state index contributed by atoms with van der Waals surface area (Å²) in [4.78, 5) is 27.8. The topological polar surface area (TPSA) is 80.1 Å². The van der Waals surface area contributed by atoms with Crippen LogP contribution in [-0.2, 0) is 11.3 Å². The first-order chi connectivity index (χ1) is 16.9. The molecule has 0 aliphatic carbocycles. The van der Waals surface area contributed by atoms with E-state index in [9.17, 15) is 9.59 Å². The van der Waals surface area contributed by atoms with Gasteiger partial charge in [-0.25, -0.2) is 0 Å². The minimum atomic E-state index is -0.219. The van der Waals surface area contributed by atoms with E-state index in [1.165, 1.54) is 11.8 Å². The summed E-state index contributed by atoms with van der Waals surface area (Å²) in [6.07, 6.45) is 3.41. The first-order valence-corrected chi connectivity index (χ1v) is 12.9. The van der Waals surface area contributed by atoms with E-state index < -0.39 is 0 Å². The molecule has 1 atom stereocenters. The number of rotatable bonds is 8. The van der Waals surface area contributed by atoms with Crippen molar-refractivity contribution in [2.75, 3.05) is 17.6 Å². The zero-order valence-corrected chi connectivity index (χ0v) is 21.4. The molecule has 1 unspecified atom stereocenters. The van der Waals surface area contributed by atoms with Crippen LogP contribution in [0.5, 0.6) is 0 Å². The average molecular weight is 510 g/mol. The summed E-state index contributed by atoms with van der Waals surface area (Å²) in [6, 6.07) is 12.8. The third-order valence-electron chi connectivity index (χ3n) is 6.05. The van der Waals surface area contributed by atoms with Gasteiger partial charge in [0, 0.05) is 18.8 Å². The van der Waals surface area contributed by atoms with E-state index in [0.29, 0.717) is 34.7 Å². The minimum absolute atomic E-state index is 0.113. The van der Waals surface area contributed by atoms with Crippen molar-refractivity contribution in [3.05, 3.63) is 82.7 Å². The van der Waals surface area contributed by atoms with Crippen LogP contribution in [0, 0.1) is 13.8 Å². The number of hydrogen-bond donors (Lipinski definition) is 1. The largest absolute Gasteiger partial charge is 0.328 e. The Labute approximate surface area is 214 Å². The van der Waals surface area contributed by atoms with Crippen molar-refractivity contribution in [3.8, 4) is 0 Å². The second-order valence-corrected chi connectivity index (χ2v) is 9.83. The van der Waals surface area contributed by atoms with Gasteiger partial charge in [-0.1, -0.05) is 59.8 Å². The summed E-state index contributed by atoms with van der Waals surface area (Å²) < 4.78 is 1.94. The Kier molecular flexibility index (Phi) is 7.93. The molecule has 1 N–H and O–H groups in total. The number of benzene rings is 2. The van der Waals surface area contributed by atoms with Gasteiger partial charge in [0.15, 0.2) is 11.0 Å². The summed E-state index contributed by atoms with van der Waals surface area (Å²) in [5, 5.41) is 12.9. The number of amides is 2. The Bertz CT molecular complexity index is 1240. The van der Waals surface area contributed by atoms with Gasteiger partial charge in [0.05, 0.1) is 22.4 Å². The molecule has 1 aliphatic rings. The number of nitrogens with one attached hydrogen (secondary N) is 1. The Morgan fingerprint density at radius 1 is 1.17 bits per heavy atom. The zero-order valence-electron chi connectivity index (χ0n) is 19.8. The molecule has 2 heterocycles. The van der Waals surface area contributed by atoms with Gasteiger partial charge < -0.3 is 14.8 Å². The molecule has 1 aromatic heterocycles. The van der Waals surface area contributed by atoms with Crippen LogP contribution in [0.4, 0.5) is 5.69 Å². The van der Waals surface area contributed by atoms with Gasteiger partial charge in [-0.2, -0.15) is 0 Å².